The Kier molecular flexibility index (Phi) is 6.40. The van der Waals surface area contributed by atoms with Gasteiger partial charge >= 0.3 is 0 Å². The van der Waals surface area contributed by atoms with Crippen molar-refractivity contribution in [3.63, 3.8) is 0 Å². The van der Waals surface area contributed by atoms with Gasteiger partial charge in [0.25, 0.3) is 0 Å². The molecule has 2 aliphatic heterocycles. The number of benzene rings is 1. The summed E-state index contributed by atoms with van der Waals surface area (Å²) in [6.07, 6.45) is 5.66. The molecule has 1 atom stereocenters. The van der Waals surface area contributed by atoms with Crippen LogP contribution in [0.1, 0.15) is 57.9 Å². The maximum absolute atomic E-state index is 13.2. The lowest BCUT2D eigenvalue weighted by atomic mass is 9.97. The van der Waals surface area contributed by atoms with Crippen molar-refractivity contribution in [1.82, 2.24) is 9.62 Å². The smallest absolute Gasteiger partial charge is 0.243 e. The molecule has 1 aliphatic carbocycles. The van der Waals surface area contributed by atoms with Gasteiger partial charge in [0.1, 0.15) is 0 Å². The largest absolute Gasteiger partial charge is 0.356 e. The summed E-state index contributed by atoms with van der Waals surface area (Å²) in [5.74, 6) is 0.224. The predicted octanol–water partition coefficient (Wildman–Crippen LogP) is 2.69. The number of amides is 2. The highest BCUT2D eigenvalue weighted by Crippen LogP contribution is 2.40. The van der Waals surface area contributed by atoms with E-state index in [-0.39, 0.29) is 34.6 Å². The molecule has 0 bridgehead atoms. The number of sulfonamides is 1. The van der Waals surface area contributed by atoms with Crippen molar-refractivity contribution in [3.8, 4) is 0 Å². The molecule has 8 heteroatoms. The second-order valence-corrected chi connectivity index (χ2v) is 11.1. The van der Waals surface area contributed by atoms with Crippen molar-refractivity contribution in [2.75, 3.05) is 24.5 Å². The number of hydrogen-bond donors (Lipinski definition) is 1. The number of unbranched alkanes of at least 4 members (excludes halogenated alkanes) is 1. The van der Waals surface area contributed by atoms with Gasteiger partial charge in [-0.05, 0) is 69.2 Å². The molecule has 2 amide bonds. The van der Waals surface area contributed by atoms with Crippen LogP contribution in [0.4, 0.5) is 5.69 Å². The highest BCUT2D eigenvalue weighted by Gasteiger charge is 2.40. The summed E-state index contributed by atoms with van der Waals surface area (Å²) in [7, 11) is -3.61. The van der Waals surface area contributed by atoms with Crippen LogP contribution < -0.4 is 10.2 Å². The van der Waals surface area contributed by atoms with Gasteiger partial charge in [0, 0.05) is 43.2 Å². The molecule has 3 aliphatic rings. The van der Waals surface area contributed by atoms with Crippen molar-refractivity contribution >= 4 is 27.5 Å². The maximum atomic E-state index is 13.2. The Morgan fingerprint density at radius 1 is 1.10 bits per heavy atom. The van der Waals surface area contributed by atoms with E-state index >= 15 is 0 Å². The SMILES string of the molecule is CCCCNC(=O)C1CCN(S(=O)(=O)c2ccc3c(c2)C[C@H](C)N3C(=O)C2CC2)CC1. The molecule has 0 radical (unpaired) electrons. The Morgan fingerprint density at radius 2 is 1.81 bits per heavy atom. The zero-order valence-corrected chi connectivity index (χ0v) is 19.3. The van der Waals surface area contributed by atoms with Crippen molar-refractivity contribution < 1.29 is 18.0 Å². The first-order valence-electron chi connectivity index (χ1n) is 11.6. The molecular weight excluding hydrogens is 414 g/mol. The van der Waals surface area contributed by atoms with Crippen LogP contribution in [0.25, 0.3) is 0 Å². The molecule has 0 unspecified atom stereocenters. The normalized spacial score (nSPS) is 22.4. The van der Waals surface area contributed by atoms with E-state index in [1.165, 1.54) is 4.31 Å². The zero-order valence-electron chi connectivity index (χ0n) is 18.5. The van der Waals surface area contributed by atoms with Gasteiger partial charge in [-0.2, -0.15) is 4.31 Å². The van der Waals surface area contributed by atoms with Gasteiger partial charge in [-0.3, -0.25) is 9.59 Å². The number of hydrogen-bond acceptors (Lipinski definition) is 4. The second-order valence-electron chi connectivity index (χ2n) is 9.15. The Morgan fingerprint density at radius 3 is 2.45 bits per heavy atom. The van der Waals surface area contributed by atoms with Gasteiger partial charge < -0.3 is 10.2 Å². The van der Waals surface area contributed by atoms with Crippen molar-refractivity contribution in [3.05, 3.63) is 23.8 Å². The zero-order chi connectivity index (χ0) is 22.2. The van der Waals surface area contributed by atoms with Crippen LogP contribution in [0.2, 0.25) is 0 Å². The van der Waals surface area contributed by atoms with Gasteiger partial charge in [-0.25, -0.2) is 8.42 Å². The summed E-state index contributed by atoms with van der Waals surface area (Å²) < 4.78 is 28.0. The maximum Gasteiger partial charge on any atom is 0.243 e. The summed E-state index contributed by atoms with van der Waals surface area (Å²) in [6.45, 7) is 5.49. The standard InChI is InChI=1S/C23H33N3O4S/c1-3-4-11-24-22(27)17-9-12-25(13-10-17)31(29,30)20-7-8-21-19(15-20)14-16(2)26(21)23(28)18-5-6-18/h7-8,15-18H,3-6,9-14H2,1-2H3,(H,24,27)/t16-/m0/s1. The quantitative estimate of drug-likeness (QED) is 0.651. The third-order valence-corrected chi connectivity index (χ3v) is 8.62. The molecule has 170 valence electrons. The molecule has 2 heterocycles. The first-order valence-corrected chi connectivity index (χ1v) is 13.0. The fourth-order valence-electron chi connectivity index (χ4n) is 4.67. The summed E-state index contributed by atoms with van der Waals surface area (Å²) in [4.78, 5) is 27.1. The summed E-state index contributed by atoms with van der Waals surface area (Å²) in [6, 6.07) is 5.22. The number of rotatable bonds is 7. The van der Waals surface area contributed by atoms with Crippen LogP contribution in [-0.2, 0) is 26.0 Å². The number of fused-ring (bicyclic) bond motifs is 1. The Hall–Kier alpha value is -1.93. The summed E-state index contributed by atoms with van der Waals surface area (Å²) >= 11 is 0. The third kappa shape index (κ3) is 4.51. The number of anilines is 1. The number of carbonyl (C=O) groups excluding carboxylic acids is 2. The lowest BCUT2D eigenvalue weighted by molar-refractivity contribution is -0.126. The van der Waals surface area contributed by atoms with Crippen molar-refractivity contribution in [1.29, 1.82) is 0 Å². The van der Waals surface area contributed by atoms with E-state index in [1.54, 1.807) is 18.2 Å². The number of piperidine rings is 1. The molecule has 1 saturated heterocycles. The summed E-state index contributed by atoms with van der Waals surface area (Å²) in [5.41, 5.74) is 1.78. The first-order chi connectivity index (χ1) is 14.8. The molecule has 0 aromatic heterocycles. The highest BCUT2D eigenvalue weighted by atomic mass is 32.2. The molecular formula is C23H33N3O4S. The molecule has 2 fully saturated rings. The minimum Gasteiger partial charge on any atom is -0.356 e. The van der Waals surface area contributed by atoms with Gasteiger partial charge in [0.15, 0.2) is 0 Å². The molecule has 7 nitrogen and oxygen atoms in total. The van der Waals surface area contributed by atoms with Crippen molar-refractivity contribution in [2.24, 2.45) is 11.8 Å². The third-order valence-electron chi connectivity index (χ3n) is 6.72. The monoisotopic (exact) mass is 447 g/mol. The fourth-order valence-corrected chi connectivity index (χ4v) is 6.19. The Balaban J connectivity index is 1.43. The fraction of sp³-hybridized carbons (Fsp3) is 0.652. The lowest BCUT2D eigenvalue weighted by Gasteiger charge is -2.30. The van der Waals surface area contributed by atoms with Gasteiger partial charge in [0.05, 0.1) is 4.90 Å². The van der Waals surface area contributed by atoms with Crippen molar-refractivity contribution in [2.45, 2.75) is 69.7 Å². The molecule has 31 heavy (non-hydrogen) atoms. The van der Waals surface area contributed by atoms with Gasteiger partial charge in [-0.15, -0.1) is 0 Å². The number of nitrogens with one attached hydrogen (secondary N) is 1. The highest BCUT2D eigenvalue weighted by molar-refractivity contribution is 7.89. The van der Waals surface area contributed by atoms with Crippen LogP contribution in [-0.4, -0.2) is 50.2 Å². The van der Waals surface area contributed by atoms with E-state index in [2.05, 4.69) is 12.2 Å². The van der Waals surface area contributed by atoms with E-state index in [0.29, 0.717) is 38.9 Å². The molecule has 1 N–H and O–H groups in total. The van der Waals surface area contributed by atoms with Crippen LogP contribution in [0.15, 0.2) is 23.1 Å². The van der Waals surface area contributed by atoms with Crippen LogP contribution in [0, 0.1) is 11.8 Å². The summed E-state index contributed by atoms with van der Waals surface area (Å²) in [5, 5.41) is 2.96. The number of nitrogens with zero attached hydrogens (tertiary/aromatic N) is 2. The minimum absolute atomic E-state index is 0.0393. The molecule has 0 spiro atoms. The van der Waals surface area contributed by atoms with Crippen LogP contribution in [0.3, 0.4) is 0 Å². The van der Waals surface area contributed by atoms with E-state index < -0.39 is 10.0 Å². The molecule has 1 aromatic rings. The van der Waals surface area contributed by atoms with Crippen LogP contribution in [0.5, 0.6) is 0 Å². The van der Waals surface area contributed by atoms with Gasteiger partial charge in [0.2, 0.25) is 21.8 Å². The van der Waals surface area contributed by atoms with Crippen LogP contribution >= 0.6 is 0 Å². The Bertz CT molecular complexity index is 950. The topological polar surface area (TPSA) is 86.8 Å². The average molecular weight is 448 g/mol. The Labute approximate surface area is 185 Å². The number of carbonyl (C=O) groups is 2. The lowest BCUT2D eigenvalue weighted by Crippen LogP contribution is -2.43. The van der Waals surface area contributed by atoms with E-state index in [4.69, 9.17) is 0 Å². The predicted molar refractivity (Wildman–Crippen MR) is 119 cm³/mol. The van der Waals surface area contributed by atoms with E-state index in [9.17, 15) is 18.0 Å². The molecule has 4 rings (SSSR count). The average Bonchev–Trinajstić information content (AvgIpc) is 3.55. The first kappa shape index (κ1) is 22.3. The molecule has 1 saturated carbocycles. The second kappa shape index (κ2) is 8.90. The van der Waals surface area contributed by atoms with Gasteiger partial charge in [-0.1, -0.05) is 13.3 Å². The van der Waals surface area contributed by atoms with E-state index in [0.717, 1.165) is 36.9 Å². The molecule has 1 aromatic carbocycles. The van der Waals surface area contributed by atoms with E-state index in [1.807, 2.05) is 11.8 Å². The minimum atomic E-state index is -3.61.